The molecular weight excluding hydrogens is 418 g/mol. The molecule has 4 heterocycles. The topological polar surface area (TPSA) is 83.3 Å². The summed E-state index contributed by atoms with van der Waals surface area (Å²) in [7, 11) is 1.61. The zero-order valence-electron chi connectivity index (χ0n) is 17.6. The van der Waals surface area contributed by atoms with Crippen LogP contribution in [0.3, 0.4) is 0 Å². The lowest BCUT2D eigenvalue weighted by atomic mass is 10.1. The molecule has 3 aromatic heterocycles. The summed E-state index contributed by atoms with van der Waals surface area (Å²) in [5.74, 6) is 1.10. The van der Waals surface area contributed by atoms with Crippen LogP contribution in [0.25, 0.3) is 11.2 Å². The number of rotatable bonds is 5. The van der Waals surface area contributed by atoms with Gasteiger partial charge < -0.3 is 24.1 Å². The van der Waals surface area contributed by atoms with E-state index >= 15 is 0 Å². The van der Waals surface area contributed by atoms with Crippen molar-refractivity contribution in [2.24, 2.45) is 11.8 Å². The van der Waals surface area contributed by atoms with Crippen LogP contribution in [0, 0.1) is 11.8 Å². The first kappa shape index (κ1) is 19.3. The number of pyridine rings is 2. The third-order valence-electron chi connectivity index (χ3n) is 6.52. The summed E-state index contributed by atoms with van der Waals surface area (Å²) in [6, 6.07) is 7.64. The lowest BCUT2D eigenvalue weighted by Gasteiger charge is -2.24. The van der Waals surface area contributed by atoms with Crippen molar-refractivity contribution in [2.75, 3.05) is 12.4 Å². The SMILES string of the molecule is COc1cccc(CNc2cc(Cl)nc3c2ncn3[C@@H]2[C@H]3C[C@H]3[C@H]3OC(C)(C)O[C@H]32)n1. The predicted molar refractivity (Wildman–Crippen MR) is 115 cm³/mol. The summed E-state index contributed by atoms with van der Waals surface area (Å²) in [6.07, 6.45) is 3.16. The molecule has 0 aromatic carbocycles. The maximum Gasteiger partial charge on any atom is 0.213 e. The minimum absolute atomic E-state index is 0.00863. The predicted octanol–water partition coefficient (Wildman–Crippen LogP) is 3.81. The van der Waals surface area contributed by atoms with Crippen LogP contribution in [-0.2, 0) is 16.0 Å². The van der Waals surface area contributed by atoms with Gasteiger partial charge in [-0.1, -0.05) is 17.7 Å². The first-order valence-electron chi connectivity index (χ1n) is 10.6. The van der Waals surface area contributed by atoms with Crippen molar-refractivity contribution in [3.8, 4) is 5.88 Å². The number of aromatic nitrogens is 4. The summed E-state index contributed by atoms with van der Waals surface area (Å²) < 4.78 is 19.8. The van der Waals surface area contributed by atoms with Crippen molar-refractivity contribution >= 4 is 28.5 Å². The largest absolute Gasteiger partial charge is 0.481 e. The molecule has 2 saturated carbocycles. The number of imidazole rings is 1. The van der Waals surface area contributed by atoms with E-state index in [-0.39, 0.29) is 18.2 Å². The molecule has 0 amide bonds. The zero-order valence-corrected chi connectivity index (χ0v) is 18.3. The molecule has 31 heavy (non-hydrogen) atoms. The quantitative estimate of drug-likeness (QED) is 0.602. The average molecular weight is 442 g/mol. The molecule has 8 nitrogen and oxygen atoms in total. The normalized spacial score (nSPS) is 30.3. The van der Waals surface area contributed by atoms with Crippen molar-refractivity contribution in [3.63, 3.8) is 0 Å². The van der Waals surface area contributed by atoms with Crippen LogP contribution in [0.15, 0.2) is 30.6 Å². The first-order valence-corrected chi connectivity index (χ1v) is 10.9. The molecule has 9 heteroatoms. The third kappa shape index (κ3) is 3.16. The van der Waals surface area contributed by atoms with E-state index in [1.807, 2.05) is 38.4 Å². The fourth-order valence-corrected chi connectivity index (χ4v) is 5.40. The Balaban J connectivity index is 1.32. The Bertz CT molecular complexity index is 1170. The number of anilines is 1. The molecule has 0 unspecified atom stereocenters. The van der Waals surface area contributed by atoms with Crippen LogP contribution < -0.4 is 10.1 Å². The molecule has 2 aliphatic carbocycles. The number of nitrogens with zero attached hydrogens (tertiary/aromatic N) is 4. The van der Waals surface area contributed by atoms with Gasteiger partial charge in [-0.25, -0.2) is 15.0 Å². The molecule has 0 radical (unpaired) electrons. The lowest BCUT2D eigenvalue weighted by molar-refractivity contribution is -0.156. The van der Waals surface area contributed by atoms with Crippen LogP contribution in [-0.4, -0.2) is 44.6 Å². The second-order valence-corrected chi connectivity index (χ2v) is 9.35. The summed E-state index contributed by atoms with van der Waals surface area (Å²) in [5.41, 5.74) is 3.23. The molecule has 1 N–H and O–H groups in total. The first-order chi connectivity index (χ1) is 14.9. The Morgan fingerprint density at radius 2 is 2.06 bits per heavy atom. The van der Waals surface area contributed by atoms with Gasteiger partial charge in [0.1, 0.15) is 16.8 Å². The molecular formula is C22H24ClN5O3. The fraction of sp³-hybridized carbons (Fsp3) is 0.500. The Labute approximate surface area is 184 Å². The van der Waals surface area contributed by atoms with Crippen LogP contribution in [0.1, 0.15) is 32.0 Å². The van der Waals surface area contributed by atoms with Gasteiger partial charge in [0.2, 0.25) is 5.88 Å². The Kier molecular flexibility index (Phi) is 4.22. The highest BCUT2D eigenvalue weighted by Crippen LogP contribution is 2.63. The fourth-order valence-electron chi connectivity index (χ4n) is 5.21. The van der Waals surface area contributed by atoms with E-state index in [1.54, 1.807) is 13.2 Å². The van der Waals surface area contributed by atoms with E-state index in [0.29, 0.717) is 29.4 Å². The van der Waals surface area contributed by atoms with Gasteiger partial charge in [-0.05, 0) is 38.2 Å². The number of methoxy groups -OCH3 is 1. The third-order valence-corrected chi connectivity index (χ3v) is 6.72. The minimum Gasteiger partial charge on any atom is -0.481 e. The molecule has 1 aliphatic heterocycles. The molecule has 162 valence electrons. The molecule has 3 aliphatic rings. The lowest BCUT2D eigenvalue weighted by Crippen LogP contribution is -2.30. The van der Waals surface area contributed by atoms with Gasteiger partial charge in [-0.3, -0.25) is 0 Å². The highest BCUT2D eigenvalue weighted by Gasteiger charge is 2.66. The molecule has 5 atom stereocenters. The number of halogens is 1. The van der Waals surface area contributed by atoms with E-state index in [4.69, 9.17) is 30.8 Å². The highest BCUT2D eigenvalue weighted by atomic mass is 35.5. The van der Waals surface area contributed by atoms with Gasteiger partial charge >= 0.3 is 0 Å². The van der Waals surface area contributed by atoms with Gasteiger partial charge in [0.05, 0.1) is 43.5 Å². The summed E-state index contributed by atoms with van der Waals surface area (Å²) >= 11 is 6.41. The summed E-state index contributed by atoms with van der Waals surface area (Å²) in [5, 5.41) is 3.82. The number of hydrogen-bond donors (Lipinski definition) is 1. The zero-order chi connectivity index (χ0) is 21.3. The average Bonchev–Trinajstić information content (AvgIpc) is 3.18. The van der Waals surface area contributed by atoms with Crippen molar-refractivity contribution in [3.05, 3.63) is 41.4 Å². The molecule has 1 saturated heterocycles. The van der Waals surface area contributed by atoms with E-state index < -0.39 is 5.79 Å². The Morgan fingerprint density at radius 1 is 1.23 bits per heavy atom. The maximum atomic E-state index is 6.41. The van der Waals surface area contributed by atoms with Crippen LogP contribution in [0.2, 0.25) is 5.15 Å². The van der Waals surface area contributed by atoms with Gasteiger partial charge in [-0.2, -0.15) is 0 Å². The maximum absolute atomic E-state index is 6.41. The van der Waals surface area contributed by atoms with Gasteiger partial charge in [0.25, 0.3) is 0 Å². The summed E-state index contributed by atoms with van der Waals surface area (Å²) in [4.78, 5) is 13.8. The second kappa shape index (κ2) is 6.79. The van der Waals surface area contributed by atoms with E-state index in [0.717, 1.165) is 29.0 Å². The van der Waals surface area contributed by atoms with E-state index in [1.165, 1.54) is 0 Å². The van der Waals surface area contributed by atoms with Crippen LogP contribution >= 0.6 is 11.6 Å². The number of hydrogen-bond acceptors (Lipinski definition) is 7. The van der Waals surface area contributed by atoms with Crippen molar-refractivity contribution in [1.29, 1.82) is 0 Å². The smallest absolute Gasteiger partial charge is 0.213 e. The van der Waals surface area contributed by atoms with Crippen molar-refractivity contribution < 1.29 is 14.2 Å². The van der Waals surface area contributed by atoms with E-state index in [9.17, 15) is 0 Å². The molecule has 0 spiro atoms. The minimum atomic E-state index is -0.556. The number of nitrogens with one attached hydrogen (secondary N) is 1. The summed E-state index contributed by atoms with van der Waals surface area (Å²) in [6.45, 7) is 4.48. The second-order valence-electron chi connectivity index (χ2n) is 8.96. The molecule has 6 rings (SSSR count). The van der Waals surface area contributed by atoms with Crippen LogP contribution in [0.4, 0.5) is 5.69 Å². The number of fused-ring (bicyclic) bond motifs is 4. The highest BCUT2D eigenvalue weighted by molar-refractivity contribution is 6.30. The Morgan fingerprint density at radius 3 is 2.90 bits per heavy atom. The van der Waals surface area contributed by atoms with Gasteiger partial charge in [0, 0.05) is 12.1 Å². The van der Waals surface area contributed by atoms with E-state index in [2.05, 4.69) is 19.9 Å². The van der Waals surface area contributed by atoms with Gasteiger partial charge in [-0.15, -0.1) is 0 Å². The van der Waals surface area contributed by atoms with Crippen molar-refractivity contribution in [1.82, 2.24) is 19.5 Å². The molecule has 0 bridgehead atoms. The number of ether oxygens (including phenoxy) is 3. The monoisotopic (exact) mass is 441 g/mol. The van der Waals surface area contributed by atoms with Crippen LogP contribution in [0.5, 0.6) is 5.88 Å². The standard InChI is InChI=1S/C22H24ClN5O3/c1-22(2)30-19-13-7-12(13)18(20(19)31-22)28-10-25-17-14(8-15(23)27-21(17)28)24-9-11-5-4-6-16(26-11)29-3/h4-6,8,10,12-13,18-20H,7,9H2,1-3H3,(H,24,27)/t12-,13+,18+,19+,20-/m0/s1. The Hall–Kier alpha value is -2.42. The molecule has 3 aromatic rings. The van der Waals surface area contributed by atoms with Gasteiger partial charge in [0.15, 0.2) is 11.4 Å². The van der Waals surface area contributed by atoms with Crippen molar-refractivity contribution in [2.45, 2.75) is 50.8 Å². The molecule has 3 fully saturated rings.